The molecular formula is C24H25N3O2. The highest BCUT2D eigenvalue weighted by molar-refractivity contribution is 5.89. The molecule has 2 bridgehead atoms. The molecule has 1 aliphatic heterocycles. The molecule has 1 heterocycles. The van der Waals surface area contributed by atoms with Gasteiger partial charge in [-0.05, 0) is 85.5 Å². The number of ether oxygens (including phenoxy) is 1. The molecule has 2 fully saturated rings. The number of carbonyl (C=O) groups is 1. The van der Waals surface area contributed by atoms with E-state index in [1.807, 2.05) is 12.1 Å². The van der Waals surface area contributed by atoms with Gasteiger partial charge in [0.2, 0.25) is 0 Å². The van der Waals surface area contributed by atoms with E-state index >= 15 is 0 Å². The van der Waals surface area contributed by atoms with Crippen molar-refractivity contribution in [3.05, 3.63) is 66.2 Å². The second-order valence-electron chi connectivity index (χ2n) is 8.16. The van der Waals surface area contributed by atoms with Crippen molar-refractivity contribution in [3.63, 3.8) is 0 Å². The number of hydrogen-bond acceptors (Lipinski definition) is 5. The summed E-state index contributed by atoms with van der Waals surface area (Å²) in [5.74, 6) is 2.96. The lowest BCUT2D eigenvalue weighted by atomic mass is 9.86. The zero-order valence-electron chi connectivity index (χ0n) is 16.6. The van der Waals surface area contributed by atoms with Gasteiger partial charge in [-0.1, -0.05) is 12.2 Å². The summed E-state index contributed by atoms with van der Waals surface area (Å²) >= 11 is 0. The summed E-state index contributed by atoms with van der Waals surface area (Å²) < 4.78 is 4.99. The lowest BCUT2D eigenvalue weighted by Crippen LogP contribution is -2.22. The first-order valence-corrected chi connectivity index (χ1v) is 10.4. The summed E-state index contributed by atoms with van der Waals surface area (Å²) in [6.45, 7) is 4.50. The van der Waals surface area contributed by atoms with E-state index in [0.717, 1.165) is 29.4 Å². The first kappa shape index (κ1) is 18.1. The Hall–Kier alpha value is -2.95. The third-order valence-electron chi connectivity index (χ3n) is 6.54. The lowest BCUT2D eigenvalue weighted by molar-refractivity contribution is 0.0526. The van der Waals surface area contributed by atoms with E-state index in [4.69, 9.17) is 4.74 Å². The molecule has 148 valence electrons. The molecule has 0 amide bonds. The molecule has 2 aromatic carbocycles. The number of azo groups is 1. The quantitative estimate of drug-likeness (QED) is 0.385. The van der Waals surface area contributed by atoms with E-state index in [-0.39, 0.29) is 5.97 Å². The Morgan fingerprint density at radius 1 is 0.931 bits per heavy atom. The molecule has 2 aliphatic carbocycles. The molecule has 4 atom stereocenters. The van der Waals surface area contributed by atoms with Crippen molar-refractivity contribution >= 4 is 23.0 Å². The summed E-state index contributed by atoms with van der Waals surface area (Å²) in [6.07, 6.45) is 6.26. The van der Waals surface area contributed by atoms with E-state index in [2.05, 4.69) is 39.4 Å². The highest BCUT2D eigenvalue weighted by Gasteiger charge is 2.49. The van der Waals surface area contributed by atoms with E-state index in [1.165, 1.54) is 25.2 Å². The second kappa shape index (κ2) is 7.47. The number of carbonyl (C=O) groups excluding carboxylic acids is 1. The van der Waals surface area contributed by atoms with Crippen molar-refractivity contribution < 1.29 is 9.53 Å². The van der Waals surface area contributed by atoms with Crippen LogP contribution >= 0.6 is 0 Å². The molecule has 2 aromatic rings. The zero-order chi connectivity index (χ0) is 19.8. The molecule has 0 radical (unpaired) electrons. The van der Waals surface area contributed by atoms with Gasteiger partial charge in [-0.3, -0.25) is 0 Å². The number of fused-ring (bicyclic) bond motifs is 5. The highest BCUT2D eigenvalue weighted by atomic mass is 16.5. The van der Waals surface area contributed by atoms with E-state index < -0.39 is 0 Å². The highest BCUT2D eigenvalue weighted by Crippen LogP contribution is 2.51. The Morgan fingerprint density at radius 3 is 2.03 bits per heavy atom. The Morgan fingerprint density at radius 2 is 1.48 bits per heavy atom. The van der Waals surface area contributed by atoms with Gasteiger partial charge in [0, 0.05) is 18.8 Å². The number of anilines is 1. The number of hydrogen-bond donors (Lipinski definition) is 0. The van der Waals surface area contributed by atoms with Gasteiger partial charge in [0.05, 0.1) is 23.5 Å². The Bertz CT molecular complexity index is 929. The molecular weight excluding hydrogens is 362 g/mol. The third kappa shape index (κ3) is 3.46. The van der Waals surface area contributed by atoms with Crippen molar-refractivity contribution in [2.45, 2.75) is 13.3 Å². The van der Waals surface area contributed by atoms with Crippen molar-refractivity contribution in [2.75, 3.05) is 24.6 Å². The molecule has 0 N–H and O–H groups in total. The monoisotopic (exact) mass is 387 g/mol. The van der Waals surface area contributed by atoms with Crippen LogP contribution in [0.4, 0.5) is 17.1 Å². The van der Waals surface area contributed by atoms with E-state index in [1.54, 1.807) is 31.2 Å². The van der Waals surface area contributed by atoms with E-state index in [9.17, 15) is 4.79 Å². The van der Waals surface area contributed by atoms with Crippen LogP contribution in [0.1, 0.15) is 23.7 Å². The molecule has 3 aliphatic rings. The maximum atomic E-state index is 11.7. The molecule has 5 heteroatoms. The number of nitrogens with zero attached hydrogens (tertiary/aromatic N) is 3. The standard InChI is InChI=1S/C24H25N3O2/c1-2-29-24(28)16-5-7-19(8-6-16)25-26-20-9-11-21(12-10-20)27-14-22-17-3-4-18(13-17)23(22)15-27/h3-12,17-18,22-23H,2,13-15H2,1H3/t17-,18+,22?,23?. The summed E-state index contributed by atoms with van der Waals surface area (Å²) in [6, 6.07) is 15.3. The number of rotatable bonds is 5. The SMILES string of the molecule is CCOC(=O)c1ccc(N=Nc2ccc(N3CC4C(C3)[C@H]3C=C[C@@H]4C3)cc2)cc1. The molecule has 1 saturated heterocycles. The average Bonchev–Trinajstić information content (AvgIpc) is 3.47. The van der Waals surface area contributed by atoms with Crippen LogP contribution in [0.5, 0.6) is 0 Å². The van der Waals surface area contributed by atoms with Gasteiger partial charge >= 0.3 is 5.97 Å². The first-order chi connectivity index (χ1) is 14.2. The van der Waals surface area contributed by atoms with Gasteiger partial charge in [-0.25, -0.2) is 4.79 Å². The maximum Gasteiger partial charge on any atom is 0.338 e. The van der Waals surface area contributed by atoms with Crippen LogP contribution in [0.25, 0.3) is 0 Å². The van der Waals surface area contributed by atoms with Crippen LogP contribution in [-0.4, -0.2) is 25.7 Å². The zero-order valence-corrected chi connectivity index (χ0v) is 16.6. The summed E-state index contributed by atoms with van der Waals surface area (Å²) in [5.41, 5.74) is 3.33. The summed E-state index contributed by atoms with van der Waals surface area (Å²) in [4.78, 5) is 14.2. The van der Waals surface area contributed by atoms with Crippen molar-refractivity contribution in [1.82, 2.24) is 0 Å². The normalized spacial score (nSPS) is 27.0. The van der Waals surface area contributed by atoms with Crippen molar-refractivity contribution in [2.24, 2.45) is 33.9 Å². The van der Waals surface area contributed by atoms with Gasteiger partial charge in [0.1, 0.15) is 0 Å². The lowest BCUT2D eigenvalue weighted by Gasteiger charge is -2.20. The van der Waals surface area contributed by atoms with Crippen LogP contribution in [0, 0.1) is 23.7 Å². The topological polar surface area (TPSA) is 54.3 Å². The predicted molar refractivity (Wildman–Crippen MR) is 113 cm³/mol. The van der Waals surface area contributed by atoms with Gasteiger partial charge < -0.3 is 9.64 Å². The fourth-order valence-corrected chi connectivity index (χ4v) is 5.09. The average molecular weight is 387 g/mol. The minimum atomic E-state index is -0.318. The van der Waals surface area contributed by atoms with Gasteiger partial charge in [-0.15, -0.1) is 0 Å². The largest absolute Gasteiger partial charge is 0.462 e. The third-order valence-corrected chi connectivity index (χ3v) is 6.54. The molecule has 0 spiro atoms. The summed E-state index contributed by atoms with van der Waals surface area (Å²) in [7, 11) is 0. The van der Waals surface area contributed by atoms with Crippen molar-refractivity contribution in [1.29, 1.82) is 0 Å². The van der Waals surface area contributed by atoms with Gasteiger partial charge in [-0.2, -0.15) is 10.2 Å². The summed E-state index contributed by atoms with van der Waals surface area (Å²) in [5, 5.41) is 8.60. The first-order valence-electron chi connectivity index (χ1n) is 10.4. The second-order valence-corrected chi connectivity index (χ2v) is 8.16. The van der Waals surface area contributed by atoms with Crippen LogP contribution < -0.4 is 4.90 Å². The number of esters is 1. The number of benzene rings is 2. The maximum absolute atomic E-state index is 11.7. The van der Waals surface area contributed by atoms with Gasteiger partial charge in [0.25, 0.3) is 0 Å². The van der Waals surface area contributed by atoms with Crippen LogP contribution in [-0.2, 0) is 4.74 Å². The molecule has 29 heavy (non-hydrogen) atoms. The molecule has 2 unspecified atom stereocenters. The Labute approximate surface area is 171 Å². The predicted octanol–water partition coefficient (Wildman–Crippen LogP) is 5.54. The van der Waals surface area contributed by atoms with Crippen molar-refractivity contribution in [3.8, 4) is 0 Å². The van der Waals surface area contributed by atoms with E-state index in [0.29, 0.717) is 17.9 Å². The Kier molecular flexibility index (Phi) is 4.66. The minimum absolute atomic E-state index is 0.318. The molecule has 5 rings (SSSR count). The fourth-order valence-electron chi connectivity index (χ4n) is 5.09. The Balaban J connectivity index is 1.21. The van der Waals surface area contributed by atoms with Crippen LogP contribution in [0.3, 0.4) is 0 Å². The molecule has 1 saturated carbocycles. The molecule has 0 aromatic heterocycles. The number of allylic oxidation sites excluding steroid dienone is 2. The minimum Gasteiger partial charge on any atom is -0.462 e. The van der Waals surface area contributed by atoms with Crippen LogP contribution in [0.2, 0.25) is 0 Å². The van der Waals surface area contributed by atoms with Gasteiger partial charge in [0.15, 0.2) is 0 Å². The molecule has 5 nitrogen and oxygen atoms in total. The fraction of sp³-hybridized carbons (Fsp3) is 0.375. The smallest absolute Gasteiger partial charge is 0.338 e. The van der Waals surface area contributed by atoms with Crippen LogP contribution in [0.15, 0.2) is 70.9 Å².